The highest BCUT2D eigenvalue weighted by molar-refractivity contribution is 7.11. The highest BCUT2D eigenvalue weighted by Crippen LogP contribution is 2.12. The molecule has 1 rings (SSSR count). The molecule has 1 amide bonds. The van der Waals surface area contributed by atoms with Crippen LogP contribution in [0.5, 0.6) is 0 Å². The van der Waals surface area contributed by atoms with Crippen LogP contribution in [0.25, 0.3) is 0 Å². The molecule has 0 bridgehead atoms. The SMILES string of the molecule is CCc1cnc(CNC(=O)C(C)Cl)s1. The van der Waals surface area contributed by atoms with E-state index < -0.39 is 5.38 Å². The minimum atomic E-state index is -0.486. The average molecular weight is 233 g/mol. The van der Waals surface area contributed by atoms with Gasteiger partial charge in [-0.15, -0.1) is 22.9 Å². The number of aryl methyl sites for hydroxylation is 1. The molecule has 78 valence electrons. The topological polar surface area (TPSA) is 42.0 Å². The first kappa shape index (κ1) is 11.5. The van der Waals surface area contributed by atoms with Crippen LogP contribution in [0.1, 0.15) is 23.7 Å². The highest BCUT2D eigenvalue weighted by Gasteiger charge is 2.09. The second kappa shape index (κ2) is 5.32. The van der Waals surface area contributed by atoms with Gasteiger partial charge in [0.15, 0.2) is 0 Å². The van der Waals surface area contributed by atoms with Crippen molar-refractivity contribution in [3.05, 3.63) is 16.1 Å². The predicted octanol–water partition coefficient (Wildman–Crippen LogP) is 1.95. The minimum absolute atomic E-state index is 0.153. The third kappa shape index (κ3) is 3.27. The van der Waals surface area contributed by atoms with Gasteiger partial charge in [0.2, 0.25) is 5.91 Å². The van der Waals surface area contributed by atoms with Gasteiger partial charge in [0.1, 0.15) is 10.4 Å². The smallest absolute Gasteiger partial charge is 0.238 e. The summed E-state index contributed by atoms with van der Waals surface area (Å²) < 4.78 is 0. The number of alkyl halides is 1. The quantitative estimate of drug-likeness (QED) is 0.807. The number of carbonyl (C=O) groups is 1. The van der Waals surface area contributed by atoms with Crippen LogP contribution in [0.15, 0.2) is 6.20 Å². The summed E-state index contributed by atoms with van der Waals surface area (Å²) >= 11 is 7.22. The van der Waals surface area contributed by atoms with Gasteiger partial charge in [0.25, 0.3) is 0 Å². The Morgan fingerprint density at radius 1 is 1.79 bits per heavy atom. The average Bonchev–Trinajstić information content (AvgIpc) is 2.61. The molecule has 0 spiro atoms. The fourth-order valence-corrected chi connectivity index (χ4v) is 1.78. The zero-order valence-corrected chi connectivity index (χ0v) is 9.78. The van der Waals surface area contributed by atoms with E-state index in [0.717, 1.165) is 11.4 Å². The van der Waals surface area contributed by atoms with Crippen LogP contribution in [0, 0.1) is 0 Å². The zero-order chi connectivity index (χ0) is 10.6. The Labute approximate surface area is 92.5 Å². The Hall–Kier alpha value is -0.610. The molecule has 3 nitrogen and oxygen atoms in total. The highest BCUT2D eigenvalue weighted by atomic mass is 35.5. The van der Waals surface area contributed by atoms with E-state index >= 15 is 0 Å². The molecule has 1 aromatic heterocycles. The van der Waals surface area contributed by atoms with Gasteiger partial charge in [-0.25, -0.2) is 4.98 Å². The summed E-state index contributed by atoms with van der Waals surface area (Å²) in [6, 6.07) is 0. The Kier molecular flexibility index (Phi) is 4.35. The molecular formula is C9H13ClN2OS. The largest absolute Gasteiger partial charge is 0.348 e. The monoisotopic (exact) mass is 232 g/mol. The first-order valence-corrected chi connectivity index (χ1v) is 5.74. The molecule has 0 aliphatic heterocycles. The van der Waals surface area contributed by atoms with Crippen LogP contribution in [-0.4, -0.2) is 16.3 Å². The molecule has 1 atom stereocenters. The maximum Gasteiger partial charge on any atom is 0.238 e. The van der Waals surface area contributed by atoms with Crippen LogP contribution in [-0.2, 0) is 17.8 Å². The van der Waals surface area contributed by atoms with Gasteiger partial charge >= 0.3 is 0 Å². The lowest BCUT2D eigenvalue weighted by atomic mass is 10.4. The van der Waals surface area contributed by atoms with E-state index in [2.05, 4.69) is 17.2 Å². The van der Waals surface area contributed by atoms with Crippen LogP contribution < -0.4 is 5.32 Å². The Bertz CT molecular complexity index is 312. The lowest BCUT2D eigenvalue weighted by Crippen LogP contribution is -2.28. The number of amides is 1. The van der Waals surface area contributed by atoms with Gasteiger partial charge in [-0.05, 0) is 13.3 Å². The minimum Gasteiger partial charge on any atom is -0.348 e. The number of hydrogen-bond donors (Lipinski definition) is 1. The summed E-state index contributed by atoms with van der Waals surface area (Å²) in [5, 5.41) is 3.15. The number of rotatable bonds is 4. The molecule has 0 aromatic carbocycles. The van der Waals surface area contributed by atoms with E-state index in [9.17, 15) is 4.79 Å². The van der Waals surface area contributed by atoms with Crippen molar-refractivity contribution < 1.29 is 4.79 Å². The molecule has 0 fully saturated rings. The summed E-state index contributed by atoms with van der Waals surface area (Å²) in [5.41, 5.74) is 0. The van der Waals surface area contributed by atoms with Gasteiger partial charge in [-0.3, -0.25) is 4.79 Å². The van der Waals surface area contributed by atoms with Crippen molar-refractivity contribution in [1.29, 1.82) is 0 Å². The van der Waals surface area contributed by atoms with Crippen molar-refractivity contribution in [2.24, 2.45) is 0 Å². The van der Waals surface area contributed by atoms with Gasteiger partial charge < -0.3 is 5.32 Å². The van der Waals surface area contributed by atoms with Crippen LogP contribution in [0.3, 0.4) is 0 Å². The van der Waals surface area contributed by atoms with Crippen LogP contribution in [0.2, 0.25) is 0 Å². The van der Waals surface area contributed by atoms with Crippen molar-refractivity contribution in [2.75, 3.05) is 0 Å². The molecule has 0 saturated carbocycles. The van der Waals surface area contributed by atoms with E-state index in [1.165, 1.54) is 4.88 Å². The third-order valence-corrected chi connectivity index (χ3v) is 3.06. The molecule has 0 aliphatic rings. The molecule has 1 heterocycles. The Morgan fingerprint density at radius 3 is 3.00 bits per heavy atom. The summed E-state index contributed by atoms with van der Waals surface area (Å²) in [7, 11) is 0. The number of carbonyl (C=O) groups excluding carboxylic acids is 1. The van der Waals surface area contributed by atoms with Gasteiger partial charge in [-0.1, -0.05) is 6.92 Å². The zero-order valence-electron chi connectivity index (χ0n) is 8.21. The first-order chi connectivity index (χ1) is 6.63. The van der Waals surface area contributed by atoms with Crippen molar-refractivity contribution in [1.82, 2.24) is 10.3 Å². The van der Waals surface area contributed by atoms with Crippen LogP contribution in [0.4, 0.5) is 0 Å². The second-order valence-corrected chi connectivity index (χ2v) is 4.76. The molecule has 0 aliphatic carbocycles. The number of thiazole rings is 1. The molecule has 0 radical (unpaired) electrons. The molecule has 0 saturated heterocycles. The van der Waals surface area contributed by atoms with E-state index in [1.54, 1.807) is 18.3 Å². The fraction of sp³-hybridized carbons (Fsp3) is 0.556. The number of nitrogens with zero attached hydrogens (tertiary/aromatic N) is 1. The first-order valence-electron chi connectivity index (χ1n) is 4.48. The van der Waals surface area contributed by atoms with E-state index in [4.69, 9.17) is 11.6 Å². The van der Waals surface area contributed by atoms with E-state index in [-0.39, 0.29) is 5.91 Å². The predicted molar refractivity (Wildman–Crippen MR) is 58.7 cm³/mol. The maximum absolute atomic E-state index is 11.1. The second-order valence-electron chi connectivity index (χ2n) is 2.91. The third-order valence-electron chi connectivity index (χ3n) is 1.73. The molecular weight excluding hydrogens is 220 g/mol. The molecule has 1 N–H and O–H groups in total. The van der Waals surface area contributed by atoms with Crippen molar-refractivity contribution >= 4 is 28.8 Å². The van der Waals surface area contributed by atoms with E-state index in [1.807, 2.05) is 6.20 Å². The molecule has 14 heavy (non-hydrogen) atoms. The lowest BCUT2D eigenvalue weighted by Gasteiger charge is -2.03. The van der Waals surface area contributed by atoms with Crippen molar-refractivity contribution in [2.45, 2.75) is 32.2 Å². The van der Waals surface area contributed by atoms with Gasteiger partial charge in [-0.2, -0.15) is 0 Å². The van der Waals surface area contributed by atoms with Gasteiger partial charge in [0.05, 0.1) is 6.54 Å². The summed E-state index contributed by atoms with van der Waals surface area (Å²) in [6.45, 7) is 4.20. The summed E-state index contributed by atoms with van der Waals surface area (Å²) in [6.07, 6.45) is 2.83. The number of halogens is 1. The lowest BCUT2D eigenvalue weighted by molar-refractivity contribution is -0.120. The number of aromatic nitrogens is 1. The molecule has 5 heteroatoms. The Morgan fingerprint density at radius 2 is 2.50 bits per heavy atom. The summed E-state index contributed by atoms with van der Waals surface area (Å²) in [5.74, 6) is -0.153. The van der Waals surface area contributed by atoms with E-state index in [0.29, 0.717) is 6.54 Å². The maximum atomic E-state index is 11.1. The Balaban J connectivity index is 2.41. The van der Waals surface area contributed by atoms with Crippen LogP contribution >= 0.6 is 22.9 Å². The van der Waals surface area contributed by atoms with Crippen molar-refractivity contribution in [3.8, 4) is 0 Å². The number of hydrogen-bond acceptors (Lipinski definition) is 3. The number of nitrogens with one attached hydrogen (secondary N) is 1. The molecule has 1 unspecified atom stereocenters. The normalized spacial score (nSPS) is 12.5. The fourth-order valence-electron chi connectivity index (χ4n) is 0.897. The van der Waals surface area contributed by atoms with Crippen molar-refractivity contribution in [3.63, 3.8) is 0 Å². The molecule has 1 aromatic rings. The summed E-state index contributed by atoms with van der Waals surface area (Å²) in [4.78, 5) is 16.5. The standard InChI is InChI=1S/C9H13ClN2OS/c1-3-7-4-11-8(14-7)5-12-9(13)6(2)10/h4,6H,3,5H2,1-2H3,(H,12,13). The van der Waals surface area contributed by atoms with Gasteiger partial charge in [0, 0.05) is 11.1 Å².